The minimum absolute atomic E-state index is 0.230. The zero-order valence-corrected chi connectivity index (χ0v) is 16.7. The summed E-state index contributed by atoms with van der Waals surface area (Å²) in [6.45, 7) is 4.05. The molecule has 4 N–H and O–H groups in total. The number of pyridine rings is 1. The van der Waals surface area contributed by atoms with Gasteiger partial charge in [0.25, 0.3) is 0 Å². The summed E-state index contributed by atoms with van der Waals surface area (Å²) in [7, 11) is 0. The van der Waals surface area contributed by atoms with Crippen LogP contribution in [-0.2, 0) is 13.0 Å². The smallest absolute Gasteiger partial charge is 0.166 e. The number of hydrogen-bond donors (Lipinski definition) is 2. The highest BCUT2D eigenvalue weighted by molar-refractivity contribution is 6.09. The minimum Gasteiger partial charge on any atom is -0.482 e. The van der Waals surface area contributed by atoms with Crippen molar-refractivity contribution in [1.82, 2.24) is 10.1 Å². The van der Waals surface area contributed by atoms with Crippen molar-refractivity contribution in [1.29, 1.82) is 0 Å². The van der Waals surface area contributed by atoms with Gasteiger partial charge >= 0.3 is 0 Å². The van der Waals surface area contributed by atoms with E-state index in [0.717, 1.165) is 16.8 Å². The van der Waals surface area contributed by atoms with E-state index in [1.165, 1.54) is 18.3 Å². The normalized spacial score (nSPS) is 16.1. The molecule has 0 fully saturated rings. The molecule has 0 saturated heterocycles. The molecule has 1 aliphatic heterocycles. The lowest BCUT2D eigenvalue weighted by Gasteiger charge is -2.20. The van der Waals surface area contributed by atoms with Gasteiger partial charge in [0.15, 0.2) is 17.3 Å². The van der Waals surface area contributed by atoms with Crippen molar-refractivity contribution >= 4 is 11.5 Å². The van der Waals surface area contributed by atoms with Gasteiger partial charge in [0.2, 0.25) is 0 Å². The van der Waals surface area contributed by atoms with Gasteiger partial charge in [0.1, 0.15) is 18.5 Å². The molecule has 8 heteroatoms. The minimum atomic E-state index is -0.515. The van der Waals surface area contributed by atoms with Gasteiger partial charge in [0.05, 0.1) is 17.0 Å². The molecule has 7 nitrogen and oxygen atoms in total. The van der Waals surface area contributed by atoms with E-state index < -0.39 is 6.10 Å². The highest BCUT2D eigenvalue weighted by Gasteiger charge is 2.22. The second-order valence-electron chi connectivity index (χ2n) is 6.94. The average Bonchev–Trinajstić information content (AvgIpc) is 3.15. The first-order valence-corrected chi connectivity index (χ1v) is 9.64. The number of hydrogen-bond acceptors (Lipinski definition) is 7. The van der Waals surface area contributed by atoms with Crippen molar-refractivity contribution in [2.24, 2.45) is 10.7 Å². The fourth-order valence-electron chi connectivity index (χ4n) is 3.56. The molecule has 3 heterocycles. The van der Waals surface area contributed by atoms with E-state index in [0.29, 0.717) is 34.8 Å². The lowest BCUT2D eigenvalue weighted by Crippen LogP contribution is -2.13. The van der Waals surface area contributed by atoms with E-state index in [2.05, 4.69) is 10.1 Å². The van der Waals surface area contributed by atoms with Crippen LogP contribution in [0.1, 0.15) is 42.5 Å². The number of nitrogens with two attached hydrogens (primary N) is 2. The maximum absolute atomic E-state index is 14.1. The average molecular weight is 407 g/mol. The quantitative estimate of drug-likeness (QED) is 0.665. The summed E-state index contributed by atoms with van der Waals surface area (Å²) in [5, 5.41) is 4.19. The molecular formula is C22H22FN5O2. The van der Waals surface area contributed by atoms with E-state index in [9.17, 15) is 4.39 Å². The summed E-state index contributed by atoms with van der Waals surface area (Å²) in [5.74, 6) is 0.854. The fraction of sp³-hybridized carbons (Fsp3) is 0.227. The Morgan fingerprint density at radius 1 is 1.30 bits per heavy atom. The van der Waals surface area contributed by atoms with E-state index in [1.54, 1.807) is 24.4 Å². The summed E-state index contributed by atoms with van der Waals surface area (Å²) in [5.41, 5.74) is 16.0. The number of allylic oxidation sites excluding steroid dienone is 1. The van der Waals surface area contributed by atoms with Gasteiger partial charge in [0, 0.05) is 22.9 Å². The SMILES string of the molecule is CCc1noc2c1-c1cnc(N)c(c1)OC(C)c1cc(F)ccc1C(C=CN)=NC2. The Labute approximate surface area is 173 Å². The first kappa shape index (κ1) is 19.6. The van der Waals surface area contributed by atoms with E-state index in [4.69, 9.17) is 25.7 Å². The summed E-state index contributed by atoms with van der Waals surface area (Å²) >= 11 is 0. The fourth-order valence-corrected chi connectivity index (χ4v) is 3.56. The molecule has 2 bridgehead atoms. The summed E-state index contributed by atoms with van der Waals surface area (Å²) < 4.78 is 25.8. The van der Waals surface area contributed by atoms with Crippen LogP contribution in [0.5, 0.6) is 5.75 Å². The number of fused-ring (bicyclic) bond motifs is 5. The number of rotatable bonds is 2. The zero-order chi connectivity index (χ0) is 21.3. The number of nitrogens with zero attached hydrogens (tertiary/aromatic N) is 3. The van der Waals surface area contributed by atoms with Gasteiger partial charge in [-0.2, -0.15) is 0 Å². The Morgan fingerprint density at radius 3 is 2.90 bits per heavy atom. The number of anilines is 1. The number of nitrogen functional groups attached to an aromatic ring is 1. The van der Waals surface area contributed by atoms with Gasteiger partial charge in [-0.15, -0.1) is 0 Å². The predicted octanol–water partition coefficient (Wildman–Crippen LogP) is 3.94. The first-order valence-electron chi connectivity index (χ1n) is 9.64. The molecule has 1 aliphatic rings. The predicted molar refractivity (Wildman–Crippen MR) is 113 cm³/mol. The van der Waals surface area contributed by atoms with Crippen LogP contribution in [0.4, 0.5) is 10.2 Å². The van der Waals surface area contributed by atoms with Crippen LogP contribution < -0.4 is 16.2 Å². The molecule has 1 unspecified atom stereocenters. The zero-order valence-electron chi connectivity index (χ0n) is 16.7. The molecule has 0 radical (unpaired) electrons. The molecule has 0 saturated carbocycles. The molecule has 0 aliphatic carbocycles. The Kier molecular flexibility index (Phi) is 5.22. The largest absolute Gasteiger partial charge is 0.482 e. The van der Waals surface area contributed by atoms with Crippen molar-refractivity contribution in [2.45, 2.75) is 32.9 Å². The van der Waals surface area contributed by atoms with E-state index in [-0.39, 0.29) is 18.2 Å². The Bertz CT molecular complexity index is 1150. The van der Waals surface area contributed by atoms with E-state index >= 15 is 0 Å². The van der Waals surface area contributed by atoms with Crippen LogP contribution in [0.3, 0.4) is 0 Å². The van der Waals surface area contributed by atoms with Crippen LogP contribution in [0.2, 0.25) is 0 Å². The monoisotopic (exact) mass is 407 g/mol. The van der Waals surface area contributed by atoms with Gasteiger partial charge in [-0.05, 0) is 49.9 Å². The molecule has 0 amide bonds. The van der Waals surface area contributed by atoms with Crippen LogP contribution in [-0.4, -0.2) is 15.9 Å². The van der Waals surface area contributed by atoms with Crippen molar-refractivity contribution in [2.75, 3.05) is 5.73 Å². The van der Waals surface area contributed by atoms with Crippen molar-refractivity contribution in [3.63, 3.8) is 0 Å². The summed E-state index contributed by atoms with van der Waals surface area (Å²) in [6.07, 6.45) is 4.88. The standard InChI is InChI=1S/C22H22FN5O2/c1-3-17-21-13-8-19(22(25)27-10-13)29-12(2)16-9-14(23)4-5-15(16)18(6-7-24)26-11-20(21)30-28-17/h4-10,12H,3,11,24H2,1-2H3,(H2,25,27). The molecule has 1 atom stereocenters. The molecule has 3 aromatic rings. The summed E-state index contributed by atoms with van der Waals surface area (Å²) in [6, 6.07) is 6.27. The summed E-state index contributed by atoms with van der Waals surface area (Å²) in [4.78, 5) is 8.97. The maximum atomic E-state index is 14.1. The number of halogens is 1. The Hall–Kier alpha value is -3.68. The topological polar surface area (TPSA) is 113 Å². The third-order valence-corrected chi connectivity index (χ3v) is 5.02. The van der Waals surface area contributed by atoms with Crippen molar-refractivity contribution in [3.05, 3.63) is 71.1 Å². The first-order chi connectivity index (χ1) is 14.5. The molecular weight excluding hydrogens is 385 g/mol. The van der Waals surface area contributed by atoms with Crippen LogP contribution in [0.15, 0.2) is 52.3 Å². The number of aromatic nitrogens is 2. The highest BCUT2D eigenvalue weighted by Crippen LogP contribution is 2.36. The number of aliphatic imine (C=N–C) groups is 1. The highest BCUT2D eigenvalue weighted by atomic mass is 19.1. The molecule has 30 heavy (non-hydrogen) atoms. The van der Waals surface area contributed by atoms with Crippen LogP contribution in [0.25, 0.3) is 11.1 Å². The van der Waals surface area contributed by atoms with Gasteiger partial charge < -0.3 is 20.7 Å². The Balaban J connectivity index is 1.98. The van der Waals surface area contributed by atoms with E-state index in [1.807, 2.05) is 13.8 Å². The molecule has 4 rings (SSSR count). The third-order valence-electron chi connectivity index (χ3n) is 5.02. The Morgan fingerprint density at radius 2 is 2.13 bits per heavy atom. The van der Waals surface area contributed by atoms with Crippen LogP contribution in [0, 0.1) is 5.82 Å². The van der Waals surface area contributed by atoms with Gasteiger partial charge in [-0.1, -0.05) is 12.1 Å². The number of aryl methyl sites for hydroxylation is 1. The van der Waals surface area contributed by atoms with Crippen molar-refractivity contribution in [3.8, 4) is 16.9 Å². The molecule has 2 aromatic heterocycles. The lowest BCUT2D eigenvalue weighted by molar-refractivity contribution is 0.227. The van der Waals surface area contributed by atoms with Gasteiger partial charge in [-0.25, -0.2) is 9.37 Å². The number of benzene rings is 1. The van der Waals surface area contributed by atoms with Gasteiger partial charge in [-0.3, -0.25) is 4.99 Å². The second-order valence-corrected chi connectivity index (χ2v) is 6.94. The maximum Gasteiger partial charge on any atom is 0.166 e. The lowest BCUT2D eigenvalue weighted by atomic mass is 9.98. The van der Waals surface area contributed by atoms with Crippen LogP contribution >= 0.6 is 0 Å². The molecule has 154 valence electrons. The third kappa shape index (κ3) is 3.52. The second kappa shape index (κ2) is 7.98. The molecule has 1 aromatic carbocycles. The number of ether oxygens (including phenoxy) is 1. The molecule has 0 spiro atoms. The van der Waals surface area contributed by atoms with Crippen molar-refractivity contribution < 1.29 is 13.7 Å².